The van der Waals surface area contributed by atoms with Gasteiger partial charge in [-0.1, -0.05) is 206 Å². The molecule has 0 saturated carbocycles. The van der Waals surface area contributed by atoms with Crippen LogP contribution in [-0.4, -0.2) is 79.3 Å². The molecule has 2 saturated heterocycles. The number of nitrogens with zero attached hydrogens (tertiary/aromatic N) is 5. The van der Waals surface area contributed by atoms with Gasteiger partial charge in [0.05, 0.1) is 66.1 Å². The van der Waals surface area contributed by atoms with Crippen LogP contribution in [-0.2, 0) is 18.9 Å². The maximum Gasteiger partial charge on any atom is 0.129 e. The van der Waals surface area contributed by atoms with Crippen molar-refractivity contribution >= 4 is 85.3 Å². The zero-order chi connectivity index (χ0) is 92.1. The summed E-state index contributed by atoms with van der Waals surface area (Å²) in [4.78, 5) is 11.3. The second kappa shape index (κ2) is 46.5. The summed E-state index contributed by atoms with van der Waals surface area (Å²) in [5.74, 6) is 6.01. The molecule has 15 aromatic rings. The minimum absolute atomic E-state index is 0.118. The molecule has 2 aliphatic rings. The van der Waals surface area contributed by atoms with E-state index in [0.717, 1.165) is 221 Å². The third-order valence-corrected chi connectivity index (χ3v) is 24.5. The van der Waals surface area contributed by atoms with E-state index in [-0.39, 0.29) is 10.8 Å². The Labute approximate surface area is 797 Å². The molecule has 15 nitrogen and oxygen atoms in total. The molecule has 0 radical (unpaired) electrons. The lowest BCUT2D eigenvalue weighted by molar-refractivity contribution is -0.138. The van der Waals surface area contributed by atoms with Gasteiger partial charge in [0.2, 0.25) is 0 Å². The molecular weight excluding hydrogens is 1670 g/mol. The summed E-state index contributed by atoms with van der Waals surface area (Å²) in [6, 6.07) is 133. The van der Waals surface area contributed by atoms with Gasteiger partial charge in [-0.05, 0) is 267 Å². The highest BCUT2D eigenvalue weighted by molar-refractivity contribution is 5.85. The van der Waals surface area contributed by atoms with Crippen LogP contribution < -0.4 is 52.9 Å². The van der Waals surface area contributed by atoms with E-state index in [0.29, 0.717) is 69.2 Å². The van der Waals surface area contributed by atoms with Crippen molar-refractivity contribution in [3.63, 3.8) is 0 Å². The Hall–Kier alpha value is -14.1. The Morgan fingerprint density at radius 3 is 0.681 bits per heavy atom. The monoisotopic (exact) mass is 1790 g/mol. The predicted molar refractivity (Wildman–Crippen MR) is 552 cm³/mol. The Balaban J connectivity index is 0.616. The molecule has 0 aromatic heterocycles. The van der Waals surface area contributed by atoms with Gasteiger partial charge in [0.1, 0.15) is 46.0 Å². The van der Waals surface area contributed by atoms with Crippen LogP contribution >= 0.6 is 0 Å². The summed E-state index contributed by atoms with van der Waals surface area (Å²) in [5.41, 5.74) is 19.5. The van der Waals surface area contributed by atoms with Crippen LogP contribution in [0.25, 0.3) is 22.3 Å². The van der Waals surface area contributed by atoms with E-state index in [2.05, 4.69) is 392 Å². The molecule has 2 aliphatic heterocycles. The summed E-state index contributed by atoms with van der Waals surface area (Å²) in [6.45, 7) is 17.2. The van der Waals surface area contributed by atoms with Gasteiger partial charge in [0.25, 0.3) is 0 Å². The van der Waals surface area contributed by atoms with E-state index < -0.39 is 0 Å². The first-order chi connectivity index (χ1) is 66.5. The minimum atomic E-state index is 0.118. The molecule has 0 N–H and O–H groups in total. The average Bonchev–Trinajstić information content (AvgIpc) is 0.787. The molecule has 0 aliphatic carbocycles. The average molecular weight is 1800 g/mol. The molecular formula is C120H123N5O10. The number of para-hydroxylation sites is 3. The molecule has 2 heterocycles. The van der Waals surface area contributed by atoms with Gasteiger partial charge < -0.3 is 71.9 Å². The van der Waals surface area contributed by atoms with Gasteiger partial charge in [-0.25, -0.2) is 0 Å². The number of unbranched alkanes of at least 4 members (excludes halogenated alkanes) is 8. The Morgan fingerprint density at radius 1 is 0.207 bits per heavy atom. The Morgan fingerprint density at radius 2 is 0.422 bits per heavy atom. The van der Waals surface area contributed by atoms with Gasteiger partial charge in [-0.3, -0.25) is 0 Å². The summed E-state index contributed by atoms with van der Waals surface area (Å²) in [7, 11) is 0. The number of anilines is 15. The highest BCUT2D eigenvalue weighted by Crippen LogP contribution is 2.47. The number of hydrogen-bond acceptors (Lipinski definition) is 15. The van der Waals surface area contributed by atoms with Gasteiger partial charge in [-0.2, -0.15) is 0 Å². The molecule has 0 atom stereocenters. The topological polar surface area (TPSA) is 109 Å². The van der Waals surface area contributed by atoms with E-state index in [1.54, 1.807) is 0 Å². The fourth-order valence-electron chi connectivity index (χ4n) is 17.1. The number of hydrogen-bond donors (Lipinski definition) is 0. The summed E-state index contributed by atoms with van der Waals surface area (Å²) < 4.78 is 62.4. The second-order valence-electron chi connectivity index (χ2n) is 35.7. The first-order valence-corrected chi connectivity index (χ1v) is 48.1. The van der Waals surface area contributed by atoms with Gasteiger partial charge in [0.15, 0.2) is 0 Å². The molecule has 0 unspecified atom stereocenters. The highest BCUT2D eigenvalue weighted by Gasteiger charge is 2.35. The molecule has 0 amide bonds. The van der Waals surface area contributed by atoms with Crippen molar-refractivity contribution in [3.05, 3.63) is 382 Å². The first-order valence-electron chi connectivity index (χ1n) is 48.1. The smallest absolute Gasteiger partial charge is 0.129 e. The van der Waals surface area contributed by atoms with E-state index in [1.165, 1.54) is 19.3 Å². The molecule has 15 aromatic carbocycles. The molecule has 15 heteroatoms. The first kappa shape index (κ1) is 92.8. The van der Waals surface area contributed by atoms with Crippen LogP contribution in [0, 0.1) is 10.8 Å². The van der Waals surface area contributed by atoms with Crippen LogP contribution in [0.15, 0.2) is 382 Å². The zero-order valence-corrected chi connectivity index (χ0v) is 78.2. The number of benzene rings is 15. The zero-order valence-electron chi connectivity index (χ0n) is 78.2. The lowest BCUT2D eigenvalue weighted by atomic mass is 9.90. The van der Waals surface area contributed by atoms with Crippen LogP contribution in [0.1, 0.15) is 105 Å². The van der Waals surface area contributed by atoms with Crippen molar-refractivity contribution < 1.29 is 47.4 Å². The quantitative estimate of drug-likeness (QED) is 0.0337. The molecule has 17 rings (SSSR count). The van der Waals surface area contributed by atoms with Crippen LogP contribution in [0.3, 0.4) is 0 Å². The Bertz CT molecular complexity index is 6130. The fraction of sp³-hybridized carbons (Fsp3) is 0.250. The van der Waals surface area contributed by atoms with E-state index in [4.69, 9.17) is 47.4 Å². The van der Waals surface area contributed by atoms with Gasteiger partial charge in [-0.15, -0.1) is 0 Å². The summed E-state index contributed by atoms with van der Waals surface area (Å²) >= 11 is 0. The standard InChI is InChI=1S/C120H123N5O10/c1-5-7-9-20-76-130-113-44-27-39-106(81-113)123(104-68-72-112(73-69-104)135-118-49-30-42-109(84-118)124(107-40-28-46-115(82-107)131-77-21-10-8-6-2)101-62-54-94(55-63-101)92-50-58-99(59-51-92)121(96-32-14-11-15-33-96)97-34-16-12-17-35-97)100-60-52-93(53-61-100)95-56-64-102(65-57-95)125(108-41-29-47-116(83-108)133-79-25-23-75-127-87-120(4)90-129-91-120)110-43-31-48-117(85-110)134-111-70-66-103(67-71-111)122(98-36-18-13-19-37-98)105-38-26-45-114(80-105)132-78-24-22-74-126-86-119(3)88-128-89-119/h11-19,26-73,80-85H,5-10,20-25,74-79,86-91H2,1-4H3. The van der Waals surface area contributed by atoms with Crippen molar-refractivity contribution in [2.24, 2.45) is 10.8 Å². The second-order valence-corrected chi connectivity index (χ2v) is 35.7. The largest absolute Gasteiger partial charge is 0.494 e. The molecule has 0 spiro atoms. The van der Waals surface area contributed by atoms with Crippen molar-refractivity contribution in [2.45, 2.75) is 105 Å². The lowest BCUT2D eigenvalue weighted by Crippen LogP contribution is -2.43. The van der Waals surface area contributed by atoms with Crippen LogP contribution in [0.4, 0.5) is 85.3 Å². The minimum Gasteiger partial charge on any atom is -0.494 e. The van der Waals surface area contributed by atoms with Crippen LogP contribution in [0.2, 0.25) is 0 Å². The van der Waals surface area contributed by atoms with Crippen LogP contribution in [0.5, 0.6) is 46.0 Å². The van der Waals surface area contributed by atoms with Gasteiger partial charge >= 0.3 is 0 Å². The SMILES string of the molecule is CCCCCCOc1cccc(N(c2ccc(Oc3cccc(N(c4ccc(-c5ccc(N(c6ccccc6)c6ccccc6)cc5)cc4)c4cccc(OCCCCCC)c4)c3)cc2)c2ccc(-c3ccc(N(c4cccc(OCCCCOCC5(C)COC5)c4)c4cccc(Oc5ccc(N(c6ccccc6)c6cccc(OCCCCOCC7(C)COC7)c6)cc5)c4)cc3)cc2)c1. The third-order valence-electron chi connectivity index (χ3n) is 24.5. The molecule has 135 heavy (non-hydrogen) atoms. The van der Waals surface area contributed by atoms with E-state index in [1.807, 2.05) is 42.5 Å². The molecule has 0 bridgehead atoms. The maximum atomic E-state index is 6.89. The number of ether oxygens (including phenoxy) is 10. The van der Waals surface area contributed by atoms with Crippen molar-refractivity contribution in [3.8, 4) is 68.2 Å². The summed E-state index contributed by atoms with van der Waals surface area (Å²) in [6.07, 6.45) is 12.6. The maximum absolute atomic E-state index is 6.89. The molecule has 2 fully saturated rings. The normalized spacial score (nSPS) is 12.9. The highest BCUT2D eigenvalue weighted by atomic mass is 16.5. The van der Waals surface area contributed by atoms with Crippen molar-refractivity contribution in [2.75, 3.05) is 104 Å². The Kier molecular flexibility index (Phi) is 32.0. The lowest BCUT2D eigenvalue weighted by Gasteiger charge is -2.37. The van der Waals surface area contributed by atoms with Crippen molar-refractivity contribution in [1.29, 1.82) is 0 Å². The fourth-order valence-corrected chi connectivity index (χ4v) is 17.1. The summed E-state index contributed by atoms with van der Waals surface area (Å²) in [5, 5.41) is 0. The van der Waals surface area contributed by atoms with E-state index in [9.17, 15) is 0 Å². The molecule has 688 valence electrons. The predicted octanol–water partition coefficient (Wildman–Crippen LogP) is 32.3. The van der Waals surface area contributed by atoms with E-state index >= 15 is 0 Å². The van der Waals surface area contributed by atoms with Gasteiger partial charge in [0, 0.05) is 146 Å². The van der Waals surface area contributed by atoms with Crippen molar-refractivity contribution in [1.82, 2.24) is 0 Å². The third kappa shape index (κ3) is 25.1. The number of rotatable bonds is 49.